The Morgan fingerprint density at radius 1 is 1.33 bits per heavy atom. The lowest BCUT2D eigenvalue weighted by atomic mass is 9.92. The van der Waals surface area contributed by atoms with E-state index in [1.54, 1.807) is 6.08 Å². The Labute approximate surface area is 101 Å². The molecule has 0 aliphatic carbocycles. The maximum atomic E-state index is 10.3. The molecule has 0 aromatic heterocycles. The molecule has 0 aromatic carbocycles. The lowest BCUT2D eigenvalue weighted by molar-refractivity contribution is -0.169. The highest BCUT2D eigenvalue weighted by atomic mass is 16.8. The normalized spacial score (nSPS) is 22.1. The number of hydroxylamine groups is 3. The summed E-state index contributed by atoms with van der Waals surface area (Å²) >= 11 is 0. The van der Waals surface area contributed by atoms with Crippen molar-refractivity contribution in [1.29, 1.82) is 0 Å². The molecule has 0 amide bonds. The summed E-state index contributed by atoms with van der Waals surface area (Å²) in [5, 5.41) is 18.2. The first-order valence-corrected chi connectivity index (χ1v) is 5.23. The minimum absolute atomic E-state index is 0.0232. The van der Waals surface area contributed by atoms with E-state index in [0.29, 0.717) is 25.9 Å². The van der Waals surface area contributed by atoms with Gasteiger partial charge in [0.05, 0.1) is 0 Å². The van der Waals surface area contributed by atoms with E-state index in [-0.39, 0.29) is 5.88 Å². The number of nitrogens with zero attached hydrogens (tertiary/aromatic N) is 1. The molecule has 100 valence electrons. The van der Waals surface area contributed by atoms with Crippen molar-refractivity contribution in [3.05, 3.63) is 12.0 Å². The van der Waals surface area contributed by atoms with Gasteiger partial charge in [-0.15, -0.1) is 5.06 Å². The number of rotatable bonds is 2. The minimum atomic E-state index is -1.43. The second kappa shape index (κ2) is 4.70. The fourth-order valence-corrected chi connectivity index (χ4v) is 1.91. The molecule has 0 atom stereocenters. The summed E-state index contributed by atoms with van der Waals surface area (Å²) in [5.41, 5.74) is 1.71. The molecule has 0 saturated carbocycles. The van der Waals surface area contributed by atoms with Crippen LogP contribution in [-0.4, -0.2) is 46.3 Å². The maximum Gasteiger partial charge on any atom is 0.525 e. The molecule has 1 saturated heterocycles. The van der Waals surface area contributed by atoms with Gasteiger partial charge in [0, 0.05) is 19.2 Å². The van der Waals surface area contributed by atoms with Gasteiger partial charge >= 0.3 is 12.3 Å². The van der Waals surface area contributed by atoms with Crippen LogP contribution in [0.1, 0.15) is 12.8 Å². The first-order chi connectivity index (χ1) is 8.49. The van der Waals surface area contributed by atoms with Crippen LogP contribution in [0.25, 0.3) is 0 Å². The Kier molecular flexibility index (Phi) is 3.26. The third kappa shape index (κ3) is 2.81. The van der Waals surface area contributed by atoms with E-state index in [4.69, 9.17) is 15.1 Å². The molecule has 9 heteroatoms. The number of nitrogens with one attached hydrogen (secondary N) is 1. The van der Waals surface area contributed by atoms with Crippen LogP contribution in [0.15, 0.2) is 12.0 Å². The van der Waals surface area contributed by atoms with Crippen LogP contribution in [0.2, 0.25) is 0 Å². The monoisotopic (exact) mass is 260 g/mol. The van der Waals surface area contributed by atoms with Gasteiger partial charge in [0.1, 0.15) is 5.60 Å². The van der Waals surface area contributed by atoms with Crippen molar-refractivity contribution in [3.63, 3.8) is 0 Å². The Balaban J connectivity index is 1.91. The second-order valence-electron chi connectivity index (χ2n) is 3.93. The maximum absolute atomic E-state index is 10.3. The van der Waals surface area contributed by atoms with Crippen LogP contribution in [0.3, 0.4) is 0 Å². The number of piperidine rings is 1. The van der Waals surface area contributed by atoms with Crippen molar-refractivity contribution in [2.24, 2.45) is 0 Å². The predicted octanol–water partition coefficient (Wildman–Crippen LogP) is 0.501. The van der Waals surface area contributed by atoms with E-state index in [1.165, 1.54) is 5.06 Å². The molecule has 0 aromatic rings. The van der Waals surface area contributed by atoms with E-state index in [9.17, 15) is 9.59 Å². The van der Waals surface area contributed by atoms with Crippen molar-refractivity contribution in [1.82, 2.24) is 10.5 Å². The Morgan fingerprint density at radius 2 is 2.00 bits per heavy atom. The summed E-state index contributed by atoms with van der Waals surface area (Å²) < 4.78 is 4.43. The average molecular weight is 260 g/mol. The summed E-state index contributed by atoms with van der Waals surface area (Å²) in [4.78, 5) is 30.5. The fourth-order valence-electron chi connectivity index (χ4n) is 1.91. The van der Waals surface area contributed by atoms with Crippen molar-refractivity contribution in [2.45, 2.75) is 18.4 Å². The predicted molar refractivity (Wildman–Crippen MR) is 54.1 cm³/mol. The van der Waals surface area contributed by atoms with Crippen molar-refractivity contribution in [3.8, 4) is 0 Å². The molecule has 1 spiro atoms. The molecule has 0 radical (unpaired) electrons. The summed E-state index contributed by atoms with van der Waals surface area (Å²) in [6.07, 6.45) is -0.332. The number of ether oxygens (including phenoxy) is 1. The minimum Gasteiger partial charge on any atom is -0.449 e. The molecule has 3 N–H and O–H groups in total. The smallest absolute Gasteiger partial charge is 0.449 e. The van der Waals surface area contributed by atoms with Gasteiger partial charge in [-0.1, -0.05) is 0 Å². The summed E-state index contributed by atoms with van der Waals surface area (Å²) in [7, 11) is 0. The van der Waals surface area contributed by atoms with Gasteiger partial charge in [-0.3, -0.25) is 4.84 Å². The topological polar surface area (TPSA) is 118 Å². The van der Waals surface area contributed by atoms with Gasteiger partial charge < -0.3 is 19.8 Å². The Morgan fingerprint density at radius 3 is 2.56 bits per heavy atom. The highest BCUT2D eigenvalue weighted by molar-refractivity contribution is 5.58. The molecule has 2 heterocycles. The van der Waals surface area contributed by atoms with Crippen molar-refractivity contribution < 1.29 is 34.2 Å². The first-order valence-electron chi connectivity index (χ1n) is 5.23. The zero-order chi connectivity index (χ0) is 13.2. The summed E-state index contributed by atoms with van der Waals surface area (Å²) in [5.74, 6) is 0.0232. The molecule has 2 aliphatic rings. The third-order valence-corrected chi connectivity index (χ3v) is 2.72. The molecule has 9 nitrogen and oxygen atoms in total. The molecule has 2 rings (SSSR count). The molecule has 18 heavy (non-hydrogen) atoms. The summed E-state index contributed by atoms with van der Waals surface area (Å²) in [6, 6.07) is 0. The summed E-state index contributed by atoms with van der Waals surface area (Å²) in [6.45, 7) is 0.704. The van der Waals surface area contributed by atoms with Gasteiger partial charge in [0.2, 0.25) is 5.88 Å². The Bertz CT molecular complexity index is 386. The quantitative estimate of drug-likeness (QED) is 0.610. The van der Waals surface area contributed by atoms with E-state index in [0.717, 1.165) is 0 Å². The van der Waals surface area contributed by atoms with Crippen LogP contribution in [0, 0.1) is 0 Å². The molecule has 1 fully saturated rings. The van der Waals surface area contributed by atoms with Crippen LogP contribution < -0.4 is 5.48 Å². The van der Waals surface area contributed by atoms with Gasteiger partial charge in [-0.05, 0) is 12.8 Å². The number of carbonyl (C=O) groups is 2. The van der Waals surface area contributed by atoms with E-state index >= 15 is 0 Å². The number of hydrogen-bond acceptors (Lipinski definition) is 7. The van der Waals surface area contributed by atoms with E-state index in [1.807, 2.05) is 0 Å². The van der Waals surface area contributed by atoms with Gasteiger partial charge in [-0.25, -0.2) is 15.1 Å². The second-order valence-corrected chi connectivity index (χ2v) is 3.93. The standard InChI is InChI=1S/C9H12N2O7/c12-7(13)16-6-5-9(18-10-6)1-3-11(4-2-9)17-8(14)15/h5,10H,1-4H2,(H,12,13)(H,14,15). The molecule has 2 aliphatic heterocycles. The van der Waals surface area contributed by atoms with Crippen LogP contribution in [0.4, 0.5) is 9.59 Å². The highest BCUT2D eigenvalue weighted by Crippen LogP contribution is 2.32. The van der Waals surface area contributed by atoms with E-state index in [2.05, 4.69) is 15.1 Å². The largest absolute Gasteiger partial charge is 0.525 e. The molecule has 0 bridgehead atoms. The zero-order valence-electron chi connectivity index (χ0n) is 9.29. The average Bonchev–Trinajstić information content (AvgIpc) is 2.64. The van der Waals surface area contributed by atoms with Crippen LogP contribution in [0.5, 0.6) is 0 Å². The lowest BCUT2D eigenvalue weighted by Crippen LogP contribution is -2.44. The van der Waals surface area contributed by atoms with Gasteiger partial charge in [-0.2, -0.15) is 0 Å². The van der Waals surface area contributed by atoms with Crippen molar-refractivity contribution in [2.75, 3.05) is 13.1 Å². The lowest BCUT2D eigenvalue weighted by Gasteiger charge is -2.34. The molecule has 0 unspecified atom stereocenters. The van der Waals surface area contributed by atoms with Crippen LogP contribution in [-0.2, 0) is 14.4 Å². The van der Waals surface area contributed by atoms with Gasteiger partial charge in [0.15, 0.2) is 0 Å². The number of hydrogen-bond donors (Lipinski definition) is 3. The van der Waals surface area contributed by atoms with E-state index < -0.39 is 17.9 Å². The van der Waals surface area contributed by atoms with Crippen LogP contribution >= 0.6 is 0 Å². The van der Waals surface area contributed by atoms with Gasteiger partial charge in [0.25, 0.3) is 0 Å². The first kappa shape index (κ1) is 12.5. The van der Waals surface area contributed by atoms with Crippen molar-refractivity contribution >= 4 is 12.3 Å². The highest BCUT2D eigenvalue weighted by Gasteiger charge is 2.40. The SMILES string of the molecule is O=C(O)OC1=CC2(CCN(OC(=O)O)CC2)ON1. The fraction of sp³-hybridized carbons (Fsp3) is 0.556. The molecular weight excluding hydrogens is 248 g/mol. The number of carboxylic acid groups (broad SMARTS) is 2. The Hall–Kier alpha value is -2.00. The third-order valence-electron chi connectivity index (χ3n) is 2.72. The zero-order valence-corrected chi connectivity index (χ0v) is 9.29. The molecular formula is C9H12N2O7.